The number of amides is 1. The van der Waals surface area contributed by atoms with Crippen LogP contribution in [-0.4, -0.2) is 48.3 Å². The average Bonchev–Trinajstić information content (AvgIpc) is 2.52. The van der Waals surface area contributed by atoms with Crippen molar-refractivity contribution in [2.75, 3.05) is 26.8 Å². The van der Waals surface area contributed by atoms with E-state index < -0.39 is 0 Å². The number of hydrogen-bond donors (Lipinski definition) is 1. The number of aliphatic hydroxyl groups is 1. The molecule has 1 saturated heterocycles. The number of aliphatic hydroxyl groups excluding tert-OH is 1. The molecule has 1 fully saturated rings. The normalized spacial score (nSPS) is 21.6. The van der Waals surface area contributed by atoms with Crippen molar-refractivity contribution in [3.63, 3.8) is 0 Å². The van der Waals surface area contributed by atoms with Crippen molar-refractivity contribution < 1.29 is 14.6 Å². The number of carbonyl (C=O) groups excluding carboxylic acids is 1. The molecule has 1 aromatic rings. The Morgan fingerprint density at radius 1 is 1.48 bits per heavy atom. The van der Waals surface area contributed by atoms with Gasteiger partial charge in [-0.3, -0.25) is 4.79 Å². The van der Waals surface area contributed by atoms with Gasteiger partial charge in [0.25, 0.3) is 5.91 Å². The lowest BCUT2D eigenvalue weighted by atomic mass is 9.94. The quantitative estimate of drug-likeness (QED) is 0.842. The van der Waals surface area contributed by atoms with Gasteiger partial charge in [-0.15, -0.1) is 0 Å². The molecular weight excluding hydrogens is 266 g/mol. The molecular formula is C17H21NO3. The first-order chi connectivity index (χ1) is 10.1. The molecule has 0 saturated carbocycles. The molecule has 1 aliphatic rings. The number of hydrogen-bond acceptors (Lipinski definition) is 3. The van der Waals surface area contributed by atoms with Crippen LogP contribution >= 0.6 is 0 Å². The zero-order chi connectivity index (χ0) is 15.3. The smallest absolute Gasteiger partial charge is 0.255 e. The van der Waals surface area contributed by atoms with E-state index in [-0.39, 0.29) is 18.1 Å². The highest BCUT2D eigenvalue weighted by atomic mass is 16.5. The van der Waals surface area contributed by atoms with Gasteiger partial charge in [0, 0.05) is 25.8 Å². The van der Waals surface area contributed by atoms with E-state index in [1.807, 2.05) is 24.0 Å². The molecule has 0 spiro atoms. The summed E-state index contributed by atoms with van der Waals surface area (Å²) in [5.41, 5.74) is 0.958. The van der Waals surface area contributed by atoms with Crippen LogP contribution in [0.5, 0.6) is 0 Å². The number of ether oxygens (including phenoxy) is 1. The maximum atomic E-state index is 12.7. The van der Waals surface area contributed by atoms with Gasteiger partial charge in [0.15, 0.2) is 0 Å². The second kappa shape index (κ2) is 6.75. The zero-order valence-electron chi connectivity index (χ0n) is 12.6. The number of piperidine rings is 1. The van der Waals surface area contributed by atoms with E-state index in [2.05, 4.69) is 11.8 Å². The molecule has 0 bridgehead atoms. The van der Waals surface area contributed by atoms with Crippen LogP contribution in [0.25, 0.3) is 0 Å². The molecule has 1 N–H and O–H groups in total. The molecule has 112 valence electrons. The standard InChI is InChI=1S/C17H21NO3/c1-17(21-2)10-6-11-18(13-17)16(20)15-9-4-3-7-14(15)8-5-12-19/h3-4,7,9,19H,6,10-13H2,1-2H3. The fourth-order valence-electron chi connectivity index (χ4n) is 2.63. The molecule has 2 rings (SSSR count). The Balaban J connectivity index is 2.24. The second-order valence-corrected chi connectivity index (χ2v) is 5.49. The lowest BCUT2D eigenvalue weighted by Crippen LogP contribution is -2.49. The highest BCUT2D eigenvalue weighted by Crippen LogP contribution is 2.25. The van der Waals surface area contributed by atoms with Crippen molar-refractivity contribution >= 4 is 5.91 Å². The number of likely N-dealkylation sites (tertiary alicyclic amines) is 1. The average molecular weight is 287 g/mol. The Kier molecular flexibility index (Phi) is 5.00. The zero-order valence-corrected chi connectivity index (χ0v) is 12.6. The van der Waals surface area contributed by atoms with Crippen molar-refractivity contribution in [3.8, 4) is 11.8 Å². The van der Waals surface area contributed by atoms with Crippen LogP contribution in [0.3, 0.4) is 0 Å². The van der Waals surface area contributed by atoms with Gasteiger partial charge in [-0.1, -0.05) is 24.0 Å². The third kappa shape index (κ3) is 3.63. The maximum Gasteiger partial charge on any atom is 0.255 e. The van der Waals surface area contributed by atoms with Crippen molar-refractivity contribution in [2.45, 2.75) is 25.4 Å². The number of carbonyl (C=O) groups is 1. The summed E-state index contributed by atoms with van der Waals surface area (Å²) >= 11 is 0. The summed E-state index contributed by atoms with van der Waals surface area (Å²) in [7, 11) is 1.69. The van der Waals surface area contributed by atoms with Gasteiger partial charge in [0.1, 0.15) is 6.61 Å². The van der Waals surface area contributed by atoms with E-state index in [4.69, 9.17) is 9.84 Å². The summed E-state index contributed by atoms with van der Waals surface area (Å²) in [6.45, 7) is 3.14. The molecule has 1 unspecified atom stereocenters. The Morgan fingerprint density at radius 2 is 2.24 bits per heavy atom. The molecule has 0 aliphatic carbocycles. The van der Waals surface area contributed by atoms with Gasteiger partial charge in [-0.25, -0.2) is 0 Å². The van der Waals surface area contributed by atoms with E-state index in [1.165, 1.54) is 0 Å². The summed E-state index contributed by atoms with van der Waals surface area (Å²) in [6, 6.07) is 7.25. The molecule has 4 nitrogen and oxygen atoms in total. The highest BCUT2D eigenvalue weighted by Gasteiger charge is 2.33. The summed E-state index contributed by atoms with van der Waals surface area (Å²) in [4.78, 5) is 14.6. The van der Waals surface area contributed by atoms with Crippen molar-refractivity contribution in [1.82, 2.24) is 4.90 Å². The summed E-state index contributed by atoms with van der Waals surface area (Å²) in [5, 5.41) is 8.82. The Hall–Kier alpha value is -1.83. The topological polar surface area (TPSA) is 49.8 Å². The predicted molar refractivity (Wildman–Crippen MR) is 81.0 cm³/mol. The van der Waals surface area contributed by atoms with Gasteiger partial charge in [-0.2, -0.15) is 0 Å². The van der Waals surface area contributed by atoms with Gasteiger partial charge >= 0.3 is 0 Å². The molecule has 1 amide bonds. The molecule has 4 heteroatoms. The van der Waals surface area contributed by atoms with E-state index in [1.54, 1.807) is 19.2 Å². The van der Waals surface area contributed by atoms with Crippen molar-refractivity contribution in [2.24, 2.45) is 0 Å². The molecule has 0 aromatic heterocycles. The highest BCUT2D eigenvalue weighted by molar-refractivity contribution is 5.96. The maximum absolute atomic E-state index is 12.7. The Labute approximate surface area is 125 Å². The van der Waals surface area contributed by atoms with Crippen LogP contribution in [0.4, 0.5) is 0 Å². The molecule has 1 atom stereocenters. The number of nitrogens with zero attached hydrogens (tertiary/aromatic N) is 1. The summed E-state index contributed by atoms with van der Waals surface area (Å²) < 4.78 is 5.54. The number of benzene rings is 1. The summed E-state index contributed by atoms with van der Waals surface area (Å²) in [6.07, 6.45) is 1.89. The lowest BCUT2D eigenvalue weighted by Gasteiger charge is -2.39. The van der Waals surface area contributed by atoms with Crippen LogP contribution in [0.1, 0.15) is 35.7 Å². The predicted octanol–water partition coefficient (Wildman–Crippen LogP) is 1.67. The van der Waals surface area contributed by atoms with Gasteiger partial charge in [0.2, 0.25) is 0 Å². The molecule has 1 aromatic carbocycles. The van der Waals surface area contributed by atoms with Crippen LogP contribution < -0.4 is 0 Å². The van der Waals surface area contributed by atoms with E-state index >= 15 is 0 Å². The lowest BCUT2D eigenvalue weighted by molar-refractivity contribution is -0.0440. The fraction of sp³-hybridized carbons (Fsp3) is 0.471. The first-order valence-corrected chi connectivity index (χ1v) is 7.13. The fourth-order valence-corrected chi connectivity index (χ4v) is 2.63. The number of methoxy groups -OCH3 is 1. The third-order valence-corrected chi connectivity index (χ3v) is 3.90. The summed E-state index contributed by atoms with van der Waals surface area (Å²) in [5.74, 6) is 5.41. The SMILES string of the molecule is COC1(C)CCCN(C(=O)c2ccccc2C#CCO)C1. The molecule has 1 heterocycles. The van der Waals surface area contributed by atoms with Gasteiger partial charge in [-0.05, 0) is 31.9 Å². The molecule has 0 radical (unpaired) electrons. The molecule has 1 aliphatic heterocycles. The Bertz CT molecular complexity index is 573. The van der Waals surface area contributed by atoms with E-state index in [0.717, 1.165) is 19.4 Å². The van der Waals surface area contributed by atoms with Crippen LogP contribution in [0.2, 0.25) is 0 Å². The second-order valence-electron chi connectivity index (χ2n) is 5.49. The van der Waals surface area contributed by atoms with E-state index in [0.29, 0.717) is 17.7 Å². The minimum absolute atomic E-state index is 0.0270. The van der Waals surface area contributed by atoms with Crippen LogP contribution in [-0.2, 0) is 4.74 Å². The van der Waals surface area contributed by atoms with Crippen molar-refractivity contribution in [3.05, 3.63) is 35.4 Å². The van der Waals surface area contributed by atoms with Crippen LogP contribution in [0.15, 0.2) is 24.3 Å². The van der Waals surface area contributed by atoms with Crippen LogP contribution in [0, 0.1) is 11.8 Å². The minimum Gasteiger partial charge on any atom is -0.384 e. The van der Waals surface area contributed by atoms with Gasteiger partial charge in [0.05, 0.1) is 11.2 Å². The Morgan fingerprint density at radius 3 is 2.95 bits per heavy atom. The van der Waals surface area contributed by atoms with E-state index in [9.17, 15) is 4.79 Å². The largest absolute Gasteiger partial charge is 0.384 e. The van der Waals surface area contributed by atoms with Gasteiger partial charge < -0.3 is 14.7 Å². The monoisotopic (exact) mass is 287 g/mol. The third-order valence-electron chi connectivity index (χ3n) is 3.90. The minimum atomic E-state index is -0.278. The first kappa shape index (κ1) is 15.6. The van der Waals surface area contributed by atoms with Crippen molar-refractivity contribution in [1.29, 1.82) is 0 Å². The number of rotatable bonds is 2. The molecule has 21 heavy (non-hydrogen) atoms. The first-order valence-electron chi connectivity index (χ1n) is 7.13.